The molecule has 0 unspecified atom stereocenters. The standard InChI is InChI=1S/C13H23NO2/c1-16-13(15)12-8-7-11(9-14-12)10-5-3-2-4-6-10/h10-12,14H,2-9H2,1H3/t11-,12-/m0/s1. The Balaban J connectivity index is 1.78. The fraction of sp³-hybridized carbons (Fsp3) is 0.923. The predicted octanol–water partition coefficient (Wildman–Crippen LogP) is 2.11. The van der Waals surface area contributed by atoms with Crippen LogP contribution in [-0.4, -0.2) is 25.7 Å². The van der Waals surface area contributed by atoms with Crippen LogP contribution in [0.4, 0.5) is 0 Å². The Labute approximate surface area is 97.9 Å². The highest BCUT2D eigenvalue weighted by Crippen LogP contribution is 2.33. The molecule has 0 aromatic heterocycles. The third-order valence-electron chi connectivity index (χ3n) is 4.25. The van der Waals surface area contributed by atoms with E-state index in [0.29, 0.717) is 0 Å². The number of ether oxygens (including phenoxy) is 1. The van der Waals surface area contributed by atoms with Gasteiger partial charge >= 0.3 is 5.97 Å². The second-order valence-electron chi connectivity index (χ2n) is 5.22. The van der Waals surface area contributed by atoms with E-state index in [0.717, 1.165) is 24.8 Å². The highest BCUT2D eigenvalue weighted by molar-refractivity contribution is 5.75. The Hall–Kier alpha value is -0.570. The molecule has 1 aliphatic heterocycles. The number of hydrogen-bond donors (Lipinski definition) is 1. The molecule has 1 heterocycles. The lowest BCUT2D eigenvalue weighted by Crippen LogP contribution is -2.46. The molecule has 0 amide bonds. The quantitative estimate of drug-likeness (QED) is 0.731. The van der Waals surface area contributed by atoms with Gasteiger partial charge in [-0.1, -0.05) is 32.1 Å². The van der Waals surface area contributed by atoms with Crippen molar-refractivity contribution in [1.82, 2.24) is 5.32 Å². The zero-order valence-corrected chi connectivity index (χ0v) is 10.2. The van der Waals surface area contributed by atoms with Crippen LogP contribution in [0.5, 0.6) is 0 Å². The van der Waals surface area contributed by atoms with Crippen LogP contribution in [0.25, 0.3) is 0 Å². The Bertz CT molecular complexity index is 228. The van der Waals surface area contributed by atoms with Gasteiger partial charge in [-0.3, -0.25) is 4.79 Å². The summed E-state index contributed by atoms with van der Waals surface area (Å²) in [5.74, 6) is 1.60. The number of nitrogens with one attached hydrogen (secondary N) is 1. The molecule has 1 saturated heterocycles. The van der Waals surface area contributed by atoms with Gasteiger partial charge in [0.15, 0.2) is 0 Å². The molecule has 16 heavy (non-hydrogen) atoms. The van der Waals surface area contributed by atoms with Crippen LogP contribution in [0.1, 0.15) is 44.9 Å². The second kappa shape index (κ2) is 5.67. The molecule has 0 aromatic carbocycles. The molecule has 2 fully saturated rings. The van der Waals surface area contributed by atoms with Crippen LogP contribution in [0, 0.1) is 11.8 Å². The summed E-state index contributed by atoms with van der Waals surface area (Å²) in [7, 11) is 1.47. The van der Waals surface area contributed by atoms with Crippen LogP contribution in [0.2, 0.25) is 0 Å². The van der Waals surface area contributed by atoms with Gasteiger partial charge in [0.2, 0.25) is 0 Å². The molecular formula is C13H23NO2. The maximum atomic E-state index is 11.4. The lowest BCUT2D eigenvalue weighted by molar-refractivity contribution is -0.144. The van der Waals surface area contributed by atoms with Crippen molar-refractivity contribution in [2.45, 2.75) is 51.0 Å². The van der Waals surface area contributed by atoms with Crippen LogP contribution < -0.4 is 5.32 Å². The third kappa shape index (κ3) is 2.76. The third-order valence-corrected chi connectivity index (χ3v) is 4.25. The summed E-state index contributed by atoms with van der Waals surface area (Å²) in [5.41, 5.74) is 0. The first-order chi connectivity index (χ1) is 7.81. The molecule has 1 saturated carbocycles. The van der Waals surface area contributed by atoms with E-state index in [1.165, 1.54) is 45.6 Å². The second-order valence-corrected chi connectivity index (χ2v) is 5.22. The minimum Gasteiger partial charge on any atom is -0.468 e. The van der Waals surface area contributed by atoms with E-state index in [4.69, 9.17) is 4.74 Å². The van der Waals surface area contributed by atoms with Crippen LogP contribution in [0.3, 0.4) is 0 Å². The molecule has 3 nitrogen and oxygen atoms in total. The normalized spacial score (nSPS) is 32.3. The Morgan fingerprint density at radius 2 is 1.81 bits per heavy atom. The highest BCUT2D eigenvalue weighted by atomic mass is 16.5. The van der Waals surface area contributed by atoms with Crippen molar-refractivity contribution >= 4 is 5.97 Å². The maximum Gasteiger partial charge on any atom is 0.322 e. The minimum atomic E-state index is -0.0953. The summed E-state index contributed by atoms with van der Waals surface area (Å²) in [6.45, 7) is 1.00. The Morgan fingerprint density at radius 1 is 1.06 bits per heavy atom. The van der Waals surface area contributed by atoms with Crippen molar-refractivity contribution in [2.75, 3.05) is 13.7 Å². The van der Waals surface area contributed by atoms with Crippen molar-refractivity contribution in [3.63, 3.8) is 0 Å². The number of methoxy groups -OCH3 is 1. The first-order valence-electron chi connectivity index (χ1n) is 6.62. The zero-order chi connectivity index (χ0) is 11.4. The SMILES string of the molecule is COC(=O)[C@@H]1CC[C@H](C2CCCCC2)CN1. The van der Waals surface area contributed by atoms with Gasteiger partial charge in [-0.05, 0) is 31.2 Å². The maximum absolute atomic E-state index is 11.4. The van der Waals surface area contributed by atoms with E-state index in [9.17, 15) is 4.79 Å². The fourth-order valence-corrected chi connectivity index (χ4v) is 3.23. The van der Waals surface area contributed by atoms with Gasteiger partial charge in [0, 0.05) is 0 Å². The molecule has 0 radical (unpaired) electrons. The topological polar surface area (TPSA) is 38.3 Å². The van der Waals surface area contributed by atoms with Crippen molar-refractivity contribution in [2.24, 2.45) is 11.8 Å². The molecule has 0 bridgehead atoms. The summed E-state index contributed by atoms with van der Waals surface area (Å²) < 4.78 is 4.77. The summed E-state index contributed by atoms with van der Waals surface area (Å²) in [6, 6.07) is -0.0511. The smallest absolute Gasteiger partial charge is 0.322 e. The molecule has 0 aromatic rings. The number of esters is 1. The number of rotatable bonds is 2. The molecule has 1 aliphatic carbocycles. The molecule has 2 rings (SSSR count). The number of carbonyl (C=O) groups excluding carboxylic acids is 1. The zero-order valence-electron chi connectivity index (χ0n) is 10.2. The van der Waals surface area contributed by atoms with Crippen molar-refractivity contribution < 1.29 is 9.53 Å². The molecule has 2 aliphatic rings. The monoisotopic (exact) mass is 225 g/mol. The average Bonchev–Trinajstić information content (AvgIpc) is 2.39. The summed E-state index contributed by atoms with van der Waals surface area (Å²) in [6.07, 6.45) is 9.17. The number of piperidine rings is 1. The lowest BCUT2D eigenvalue weighted by Gasteiger charge is -2.35. The minimum absolute atomic E-state index is 0.0511. The van der Waals surface area contributed by atoms with Gasteiger partial charge in [-0.25, -0.2) is 0 Å². The van der Waals surface area contributed by atoms with E-state index in [1.54, 1.807) is 0 Å². The van der Waals surface area contributed by atoms with Crippen molar-refractivity contribution in [3.8, 4) is 0 Å². The molecule has 92 valence electrons. The van der Waals surface area contributed by atoms with Crippen LogP contribution in [-0.2, 0) is 9.53 Å². The number of hydrogen-bond acceptors (Lipinski definition) is 3. The molecule has 3 heteroatoms. The van der Waals surface area contributed by atoms with E-state index >= 15 is 0 Å². The van der Waals surface area contributed by atoms with Crippen molar-refractivity contribution in [1.29, 1.82) is 0 Å². The van der Waals surface area contributed by atoms with E-state index in [-0.39, 0.29) is 12.0 Å². The number of carbonyl (C=O) groups is 1. The van der Waals surface area contributed by atoms with Gasteiger partial charge < -0.3 is 10.1 Å². The van der Waals surface area contributed by atoms with E-state index in [1.807, 2.05) is 0 Å². The van der Waals surface area contributed by atoms with Crippen molar-refractivity contribution in [3.05, 3.63) is 0 Å². The highest BCUT2D eigenvalue weighted by Gasteiger charge is 2.31. The molecule has 2 atom stereocenters. The largest absolute Gasteiger partial charge is 0.468 e. The molecule has 1 N–H and O–H groups in total. The lowest BCUT2D eigenvalue weighted by atomic mass is 9.76. The van der Waals surface area contributed by atoms with Gasteiger partial charge in [0.05, 0.1) is 7.11 Å². The summed E-state index contributed by atoms with van der Waals surface area (Å²) in [5, 5.41) is 3.34. The molecule has 0 spiro atoms. The Morgan fingerprint density at radius 3 is 2.38 bits per heavy atom. The summed E-state index contributed by atoms with van der Waals surface area (Å²) in [4.78, 5) is 11.4. The fourth-order valence-electron chi connectivity index (χ4n) is 3.23. The Kier molecular flexibility index (Phi) is 4.22. The van der Waals surface area contributed by atoms with E-state index < -0.39 is 0 Å². The first-order valence-corrected chi connectivity index (χ1v) is 6.62. The molecular weight excluding hydrogens is 202 g/mol. The van der Waals surface area contributed by atoms with E-state index in [2.05, 4.69) is 5.32 Å². The van der Waals surface area contributed by atoms with Gasteiger partial charge in [-0.2, -0.15) is 0 Å². The van der Waals surface area contributed by atoms with Crippen LogP contribution in [0.15, 0.2) is 0 Å². The predicted molar refractivity (Wildman–Crippen MR) is 63.1 cm³/mol. The summed E-state index contributed by atoms with van der Waals surface area (Å²) >= 11 is 0. The van der Waals surface area contributed by atoms with Gasteiger partial charge in [0.25, 0.3) is 0 Å². The van der Waals surface area contributed by atoms with Gasteiger partial charge in [0.1, 0.15) is 6.04 Å². The first kappa shape index (κ1) is 11.9. The van der Waals surface area contributed by atoms with Gasteiger partial charge in [-0.15, -0.1) is 0 Å². The van der Waals surface area contributed by atoms with Crippen LogP contribution >= 0.6 is 0 Å². The average molecular weight is 225 g/mol.